The molecule has 31 heavy (non-hydrogen) atoms. The Balaban J connectivity index is 1.75. The number of hydrogen-bond donors (Lipinski definition) is 1. The molecule has 166 valence electrons. The average molecular weight is 447 g/mol. The summed E-state index contributed by atoms with van der Waals surface area (Å²) in [5.74, 6) is -1.54. The Morgan fingerprint density at radius 2 is 1.94 bits per heavy atom. The van der Waals surface area contributed by atoms with Gasteiger partial charge in [0.15, 0.2) is 6.10 Å². The van der Waals surface area contributed by atoms with Gasteiger partial charge in [-0.25, -0.2) is 14.6 Å². The van der Waals surface area contributed by atoms with Gasteiger partial charge in [0.25, 0.3) is 5.91 Å². The quantitative estimate of drug-likeness (QED) is 0.615. The zero-order chi connectivity index (χ0) is 22.4. The predicted molar refractivity (Wildman–Crippen MR) is 116 cm³/mol. The number of rotatable bonds is 8. The van der Waals surface area contributed by atoms with Crippen LogP contribution >= 0.6 is 11.3 Å². The third-order valence-corrected chi connectivity index (χ3v) is 6.02. The summed E-state index contributed by atoms with van der Waals surface area (Å²) in [5.41, 5.74) is 1.51. The lowest BCUT2D eigenvalue weighted by Gasteiger charge is -2.15. The number of carbonyl (C=O) groups excluding carboxylic acids is 3. The number of aromatic nitrogens is 1. The van der Waals surface area contributed by atoms with Crippen LogP contribution in [0, 0.1) is 0 Å². The van der Waals surface area contributed by atoms with Crippen LogP contribution in [0.4, 0.5) is 5.00 Å². The summed E-state index contributed by atoms with van der Waals surface area (Å²) in [6, 6.07) is 3.11. The Kier molecular flexibility index (Phi) is 7.62. The molecule has 0 saturated heterocycles. The van der Waals surface area contributed by atoms with Crippen LogP contribution in [-0.2, 0) is 27.1 Å². The maximum Gasteiger partial charge on any atom is 0.344 e. The molecule has 0 saturated carbocycles. The lowest BCUT2D eigenvalue weighted by molar-refractivity contribution is -0.123. The number of carbonyl (C=O) groups is 3. The zero-order valence-electron chi connectivity index (χ0n) is 17.9. The average Bonchev–Trinajstić information content (AvgIpc) is 3.12. The van der Waals surface area contributed by atoms with Gasteiger partial charge in [-0.15, -0.1) is 11.3 Å². The Morgan fingerprint density at radius 1 is 1.16 bits per heavy atom. The van der Waals surface area contributed by atoms with Crippen molar-refractivity contribution in [1.82, 2.24) is 4.98 Å². The lowest BCUT2D eigenvalue weighted by atomic mass is 9.95. The molecule has 0 bridgehead atoms. The normalized spacial score (nSPS) is 13.6. The molecule has 8 nitrogen and oxygen atoms in total. The highest BCUT2D eigenvalue weighted by Gasteiger charge is 2.29. The Morgan fingerprint density at radius 3 is 2.68 bits per heavy atom. The Bertz CT molecular complexity index is 971. The van der Waals surface area contributed by atoms with Crippen molar-refractivity contribution >= 4 is 34.2 Å². The highest BCUT2D eigenvalue weighted by molar-refractivity contribution is 7.17. The summed E-state index contributed by atoms with van der Waals surface area (Å²) in [4.78, 5) is 42.9. The second-order valence-electron chi connectivity index (χ2n) is 6.96. The number of nitrogens with one attached hydrogen (secondary N) is 1. The van der Waals surface area contributed by atoms with Gasteiger partial charge in [-0.2, -0.15) is 0 Å². The lowest BCUT2D eigenvalue weighted by Crippen LogP contribution is -2.30. The van der Waals surface area contributed by atoms with E-state index in [-0.39, 0.29) is 18.1 Å². The third-order valence-electron chi connectivity index (χ3n) is 4.81. The number of hydrogen-bond acceptors (Lipinski definition) is 8. The standard InChI is InChI=1S/C22H26N2O6S/c1-4-28-19-15(10-8-12-23-19)21(26)30-13(3)18(25)24-20-17(22(27)29-5-2)14-9-6-7-11-16(14)31-20/h8,10,12-13H,4-7,9,11H2,1-3H3,(H,24,25). The van der Waals surface area contributed by atoms with Crippen molar-refractivity contribution in [3.8, 4) is 5.88 Å². The molecule has 3 rings (SSSR count). The molecule has 1 amide bonds. The first-order valence-electron chi connectivity index (χ1n) is 10.4. The molecule has 2 aromatic heterocycles. The van der Waals surface area contributed by atoms with Gasteiger partial charge in [-0.1, -0.05) is 0 Å². The molecule has 0 fully saturated rings. The predicted octanol–water partition coefficient (Wildman–Crippen LogP) is 3.78. The number of thiophene rings is 1. The van der Waals surface area contributed by atoms with E-state index >= 15 is 0 Å². The van der Waals surface area contributed by atoms with E-state index in [0.717, 1.165) is 36.1 Å². The fraction of sp³-hybridized carbons (Fsp3) is 0.455. The van der Waals surface area contributed by atoms with Crippen LogP contribution in [0.1, 0.15) is 64.8 Å². The molecule has 1 aliphatic carbocycles. The van der Waals surface area contributed by atoms with E-state index in [2.05, 4.69) is 10.3 Å². The topological polar surface area (TPSA) is 104 Å². The number of fused-ring (bicyclic) bond motifs is 1. The van der Waals surface area contributed by atoms with Crippen LogP contribution in [0.15, 0.2) is 18.3 Å². The summed E-state index contributed by atoms with van der Waals surface area (Å²) in [5, 5.41) is 3.20. The van der Waals surface area contributed by atoms with Crippen LogP contribution in [-0.4, -0.2) is 42.1 Å². The second kappa shape index (κ2) is 10.4. The summed E-state index contributed by atoms with van der Waals surface area (Å²) in [6.45, 7) is 5.58. The summed E-state index contributed by atoms with van der Waals surface area (Å²) >= 11 is 1.38. The highest BCUT2D eigenvalue weighted by atomic mass is 32.1. The van der Waals surface area contributed by atoms with Crippen LogP contribution in [0.2, 0.25) is 0 Å². The fourth-order valence-electron chi connectivity index (χ4n) is 3.36. The van der Waals surface area contributed by atoms with Crippen molar-refractivity contribution in [2.75, 3.05) is 18.5 Å². The number of pyridine rings is 1. The van der Waals surface area contributed by atoms with Crippen LogP contribution < -0.4 is 10.1 Å². The van der Waals surface area contributed by atoms with Gasteiger partial charge >= 0.3 is 11.9 Å². The SMILES string of the molecule is CCOC(=O)c1c(NC(=O)C(C)OC(=O)c2cccnc2OCC)sc2c1CCCC2. The van der Waals surface area contributed by atoms with Gasteiger partial charge < -0.3 is 19.5 Å². The fourth-order valence-corrected chi connectivity index (χ4v) is 4.64. The maximum atomic E-state index is 12.8. The van der Waals surface area contributed by atoms with E-state index in [1.165, 1.54) is 30.5 Å². The van der Waals surface area contributed by atoms with Crippen LogP contribution in [0.25, 0.3) is 0 Å². The largest absolute Gasteiger partial charge is 0.477 e. The third kappa shape index (κ3) is 5.22. The Hall–Kier alpha value is -2.94. The number of aryl methyl sites for hydroxylation is 1. The van der Waals surface area contributed by atoms with E-state index in [4.69, 9.17) is 14.2 Å². The zero-order valence-corrected chi connectivity index (χ0v) is 18.7. The van der Waals surface area contributed by atoms with E-state index in [1.807, 2.05) is 0 Å². The molecule has 2 aromatic rings. The number of nitrogens with zero attached hydrogens (tertiary/aromatic N) is 1. The summed E-state index contributed by atoms with van der Waals surface area (Å²) in [7, 11) is 0. The Labute approximate surface area is 184 Å². The smallest absolute Gasteiger partial charge is 0.344 e. The molecule has 9 heteroatoms. The first-order valence-corrected chi connectivity index (χ1v) is 11.2. The minimum Gasteiger partial charge on any atom is -0.477 e. The molecular formula is C22H26N2O6S. The van der Waals surface area contributed by atoms with Crippen molar-refractivity contribution in [3.63, 3.8) is 0 Å². The summed E-state index contributed by atoms with van der Waals surface area (Å²) < 4.78 is 15.9. The molecule has 0 spiro atoms. The molecule has 1 N–H and O–H groups in total. The van der Waals surface area contributed by atoms with Crippen molar-refractivity contribution in [3.05, 3.63) is 39.9 Å². The van der Waals surface area contributed by atoms with Crippen molar-refractivity contribution in [2.45, 2.75) is 52.6 Å². The molecule has 1 unspecified atom stereocenters. The number of esters is 2. The molecule has 0 aromatic carbocycles. The monoisotopic (exact) mass is 446 g/mol. The molecule has 2 heterocycles. The van der Waals surface area contributed by atoms with E-state index in [9.17, 15) is 14.4 Å². The highest BCUT2D eigenvalue weighted by Crippen LogP contribution is 2.38. The minimum atomic E-state index is -1.09. The molecule has 1 atom stereocenters. The first kappa shape index (κ1) is 22.7. The van der Waals surface area contributed by atoms with Gasteiger partial charge in [0, 0.05) is 11.1 Å². The van der Waals surface area contributed by atoms with Crippen molar-refractivity contribution < 1.29 is 28.6 Å². The second-order valence-corrected chi connectivity index (χ2v) is 8.07. The van der Waals surface area contributed by atoms with Gasteiger partial charge in [0.1, 0.15) is 10.6 Å². The molecule has 1 aliphatic rings. The number of amides is 1. The van der Waals surface area contributed by atoms with Crippen LogP contribution in [0.3, 0.4) is 0 Å². The van der Waals surface area contributed by atoms with Crippen LogP contribution in [0.5, 0.6) is 5.88 Å². The number of ether oxygens (including phenoxy) is 3. The van der Waals surface area contributed by atoms with E-state index < -0.39 is 23.9 Å². The van der Waals surface area contributed by atoms with Gasteiger partial charge in [0.05, 0.1) is 18.8 Å². The van der Waals surface area contributed by atoms with Crippen molar-refractivity contribution in [2.24, 2.45) is 0 Å². The van der Waals surface area contributed by atoms with Crippen molar-refractivity contribution in [1.29, 1.82) is 0 Å². The summed E-state index contributed by atoms with van der Waals surface area (Å²) in [6.07, 6.45) is 4.11. The van der Waals surface area contributed by atoms with Gasteiger partial charge in [-0.05, 0) is 64.2 Å². The molecule has 0 radical (unpaired) electrons. The number of anilines is 1. The van der Waals surface area contributed by atoms with Gasteiger partial charge in [0.2, 0.25) is 5.88 Å². The maximum absolute atomic E-state index is 12.8. The molecule has 0 aliphatic heterocycles. The van der Waals surface area contributed by atoms with E-state index in [0.29, 0.717) is 17.2 Å². The first-order chi connectivity index (χ1) is 15.0. The van der Waals surface area contributed by atoms with E-state index in [1.54, 1.807) is 19.9 Å². The molecular weight excluding hydrogens is 420 g/mol. The van der Waals surface area contributed by atoms with Gasteiger partial charge in [-0.3, -0.25) is 4.79 Å². The minimum absolute atomic E-state index is 0.141.